The number of benzene rings is 1. The fourth-order valence-corrected chi connectivity index (χ4v) is 2.45. The summed E-state index contributed by atoms with van der Waals surface area (Å²) in [5.74, 6) is -0.624. The molecule has 2 amide bonds. The van der Waals surface area contributed by atoms with Crippen LogP contribution in [0.15, 0.2) is 35.5 Å². The van der Waals surface area contributed by atoms with Gasteiger partial charge in [0.05, 0.1) is 23.1 Å². The molecule has 0 aliphatic carbocycles. The van der Waals surface area contributed by atoms with Gasteiger partial charge in [-0.25, -0.2) is 9.59 Å². The highest BCUT2D eigenvalue weighted by Gasteiger charge is 2.32. The van der Waals surface area contributed by atoms with Gasteiger partial charge in [-0.15, -0.1) is 0 Å². The van der Waals surface area contributed by atoms with Crippen LogP contribution in [-0.4, -0.2) is 36.7 Å². The predicted octanol–water partition coefficient (Wildman–Crippen LogP) is 1.80. The van der Waals surface area contributed by atoms with Gasteiger partial charge >= 0.3 is 12.0 Å². The number of hydrogen-bond donors (Lipinski definition) is 2. The lowest BCUT2D eigenvalue weighted by atomic mass is 9.95. The second-order valence-electron chi connectivity index (χ2n) is 5.26. The van der Waals surface area contributed by atoms with Crippen LogP contribution in [0.5, 0.6) is 0 Å². The van der Waals surface area contributed by atoms with Crippen LogP contribution in [0.1, 0.15) is 25.5 Å². The first-order chi connectivity index (χ1) is 11.9. The Hall–Kier alpha value is -2.94. The van der Waals surface area contributed by atoms with Crippen molar-refractivity contribution in [1.82, 2.24) is 10.6 Å². The van der Waals surface area contributed by atoms with Gasteiger partial charge in [0.25, 0.3) is 5.69 Å². The van der Waals surface area contributed by atoms with E-state index in [1.165, 1.54) is 18.2 Å². The van der Waals surface area contributed by atoms with Crippen molar-refractivity contribution in [2.75, 3.05) is 19.8 Å². The minimum Gasteiger partial charge on any atom is -0.460 e. The molecule has 1 atom stereocenters. The highest BCUT2D eigenvalue weighted by Crippen LogP contribution is 2.29. The summed E-state index contributed by atoms with van der Waals surface area (Å²) in [5, 5.41) is 16.1. The summed E-state index contributed by atoms with van der Waals surface area (Å²) in [6.45, 7) is 4.23. The van der Waals surface area contributed by atoms with Gasteiger partial charge in [-0.05, 0) is 19.4 Å². The van der Waals surface area contributed by atoms with E-state index in [-0.39, 0.29) is 24.5 Å². The number of nitrogens with one attached hydrogen (secondary N) is 2. The van der Waals surface area contributed by atoms with Crippen molar-refractivity contribution in [3.63, 3.8) is 0 Å². The van der Waals surface area contributed by atoms with Gasteiger partial charge in [-0.3, -0.25) is 10.1 Å². The molecule has 0 bridgehead atoms. The number of non-ortho nitro benzene ring substituents is 1. The maximum absolute atomic E-state index is 12.4. The Bertz CT molecular complexity index is 716. The summed E-state index contributed by atoms with van der Waals surface area (Å²) in [5.41, 5.74) is 0.811. The van der Waals surface area contributed by atoms with Crippen molar-refractivity contribution in [3.05, 3.63) is 51.2 Å². The number of nitro benzene ring substituents is 1. The number of allylic oxidation sites excluding steroid dienone is 1. The van der Waals surface area contributed by atoms with E-state index in [1.807, 2.05) is 6.92 Å². The number of nitrogens with zero attached hydrogens (tertiary/aromatic N) is 1. The fraction of sp³-hybridized carbons (Fsp3) is 0.375. The summed E-state index contributed by atoms with van der Waals surface area (Å²) in [6.07, 6.45) is 0. The molecule has 0 saturated heterocycles. The number of urea groups is 1. The standard InChI is InChI=1S/C16H19N3O6/c1-3-24-7-8-25-15(20)13-10(2)17-16(21)18-14(13)11-5-4-6-12(9-11)19(22)23/h4-6,9,14H,3,7-8H2,1-2H3,(H2,17,18,21)/t14-/m1/s1. The molecule has 134 valence electrons. The molecule has 1 heterocycles. The minimum absolute atomic E-state index is 0.0685. The third-order valence-corrected chi connectivity index (χ3v) is 3.57. The normalized spacial score (nSPS) is 16.9. The van der Waals surface area contributed by atoms with Crippen LogP contribution in [0, 0.1) is 10.1 Å². The average Bonchev–Trinajstić information content (AvgIpc) is 2.58. The van der Waals surface area contributed by atoms with Gasteiger partial charge in [0.2, 0.25) is 0 Å². The van der Waals surface area contributed by atoms with Gasteiger partial charge < -0.3 is 20.1 Å². The first kappa shape index (κ1) is 18.4. The molecule has 1 aliphatic rings. The van der Waals surface area contributed by atoms with Crippen LogP contribution in [0.25, 0.3) is 0 Å². The molecule has 0 aromatic heterocycles. The van der Waals surface area contributed by atoms with Crippen LogP contribution in [0.3, 0.4) is 0 Å². The summed E-state index contributed by atoms with van der Waals surface area (Å²) < 4.78 is 10.3. The Morgan fingerprint density at radius 2 is 2.12 bits per heavy atom. The van der Waals surface area contributed by atoms with Gasteiger partial charge in [0.15, 0.2) is 0 Å². The Morgan fingerprint density at radius 1 is 1.36 bits per heavy atom. The number of ether oxygens (including phenoxy) is 2. The Balaban J connectivity index is 2.29. The number of carbonyl (C=O) groups is 2. The number of nitro groups is 1. The molecule has 0 saturated carbocycles. The summed E-state index contributed by atoms with van der Waals surface area (Å²) in [7, 11) is 0. The van der Waals surface area contributed by atoms with Crippen LogP contribution < -0.4 is 10.6 Å². The van der Waals surface area contributed by atoms with Crippen LogP contribution >= 0.6 is 0 Å². The monoisotopic (exact) mass is 349 g/mol. The van der Waals surface area contributed by atoms with E-state index >= 15 is 0 Å². The number of amides is 2. The van der Waals surface area contributed by atoms with Gasteiger partial charge in [-0.2, -0.15) is 0 Å². The van der Waals surface area contributed by atoms with E-state index in [4.69, 9.17) is 9.47 Å². The molecule has 9 heteroatoms. The largest absolute Gasteiger partial charge is 0.460 e. The predicted molar refractivity (Wildman–Crippen MR) is 87.7 cm³/mol. The summed E-state index contributed by atoms with van der Waals surface area (Å²) in [6, 6.07) is 4.41. The molecule has 1 aromatic carbocycles. The molecule has 25 heavy (non-hydrogen) atoms. The number of rotatable bonds is 7. The highest BCUT2D eigenvalue weighted by molar-refractivity contribution is 5.95. The molecule has 0 spiro atoms. The molecular formula is C16H19N3O6. The first-order valence-electron chi connectivity index (χ1n) is 7.71. The SMILES string of the molecule is CCOCCOC(=O)C1=C(C)NC(=O)N[C@@H]1c1cccc([N+](=O)[O-])c1. The molecule has 2 N–H and O–H groups in total. The Morgan fingerprint density at radius 3 is 2.80 bits per heavy atom. The first-order valence-corrected chi connectivity index (χ1v) is 7.71. The van der Waals surface area contributed by atoms with Crippen LogP contribution in [0.4, 0.5) is 10.5 Å². The van der Waals surface area contributed by atoms with E-state index in [1.54, 1.807) is 13.0 Å². The molecule has 0 unspecified atom stereocenters. The second-order valence-corrected chi connectivity index (χ2v) is 5.26. The zero-order valence-corrected chi connectivity index (χ0v) is 13.9. The van der Waals surface area contributed by atoms with E-state index in [0.717, 1.165) is 0 Å². The topological polar surface area (TPSA) is 120 Å². The van der Waals surface area contributed by atoms with Gasteiger partial charge in [0, 0.05) is 24.4 Å². The van der Waals surface area contributed by atoms with Gasteiger partial charge in [0.1, 0.15) is 6.61 Å². The lowest BCUT2D eigenvalue weighted by Crippen LogP contribution is -2.45. The van der Waals surface area contributed by atoms with E-state index in [9.17, 15) is 19.7 Å². The number of esters is 1. The van der Waals surface area contributed by atoms with Crippen molar-refractivity contribution in [2.45, 2.75) is 19.9 Å². The summed E-state index contributed by atoms with van der Waals surface area (Å²) >= 11 is 0. The average molecular weight is 349 g/mol. The molecule has 2 rings (SSSR count). The van der Waals surface area contributed by atoms with Crippen LogP contribution in [0.2, 0.25) is 0 Å². The zero-order valence-electron chi connectivity index (χ0n) is 13.9. The van der Waals surface area contributed by atoms with E-state index in [0.29, 0.717) is 17.9 Å². The molecule has 0 fully saturated rings. The van der Waals surface area contributed by atoms with Crippen molar-refractivity contribution in [1.29, 1.82) is 0 Å². The van der Waals surface area contributed by atoms with Crippen molar-refractivity contribution < 1.29 is 24.0 Å². The Labute approximate surface area is 144 Å². The van der Waals surface area contributed by atoms with Crippen molar-refractivity contribution in [2.24, 2.45) is 0 Å². The van der Waals surface area contributed by atoms with Crippen molar-refractivity contribution >= 4 is 17.7 Å². The number of hydrogen-bond acceptors (Lipinski definition) is 6. The quantitative estimate of drug-likeness (QED) is 0.335. The molecule has 9 nitrogen and oxygen atoms in total. The van der Waals surface area contributed by atoms with Gasteiger partial charge in [-0.1, -0.05) is 12.1 Å². The lowest BCUT2D eigenvalue weighted by Gasteiger charge is -2.28. The summed E-state index contributed by atoms with van der Waals surface area (Å²) in [4.78, 5) is 34.6. The lowest BCUT2D eigenvalue weighted by molar-refractivity contribution is -0.384. The highest BCUT2D eigenvalue weighted by atomic mass is 16.6. The maximum Gasteiger partial charge on any atom is 0.338 e. The van der Waals surface area contributed by atoms with Crippen LogP contribution in [-0.2, 0) is 14.3 Å². The number of carbonyl (C=O) groups excluding carboxylic acids is 2. The molecule has 0 radical (unpaired) electrons. The Kier molecular flexibility index (Phi) is 6.07. The maximum atomic E-state index is 12.4. The minimum atomic E-state index is -0.840. The molecule has 1 aromatic rings. The second kappa shape index (κ2) is 8.25. The molecule has 1 aliphatic heterocycles. The van der Waals surface area contributed by atoms with E-state index in [2.05, 4.69) is 10.6 Å². The molecular weight excluding hydrogens is 330 g/mol. The zero-order chi connectivity index (χ0) is 18.4. The van der Waals surface area contributed by atoms with Crippen molar-refractivity contribution in [3.8, 4) is 0 Å². The third kappa shape index (κ3) is 4.54. The van der Waals surface area contributed by atoms with E-state index < -0.39 is 23.0 Å². The smallest absolute Gasteiger partial charge is 0.338 e. The fourth-order valence-electron chi connectivity index (χ4n) is 2.45. The third-order valence-electron chi connectivity index (χ3n) is 3.57.